The summed E-state index contributed by atoms with van der Waals surface area (Å²) in [4.78, 5) is 53.5. The minimum Gasteiger partial charge on any atom is -0.480 e. The number of nitrogen functional groups attached to an aromatic ring is 2. The van der Waals surface area contributed by atoms with Crippen LogP contribution in [0, 0.1) is 27.7 Å². The van der Waals surface area contributed by atoms with Crippen LogP contribution in [0.25, 0.3) is 52.2 Å². The quantitative estimate of drug-likeness (QED) is 0.167. The molecule has 0 amide bonds. The normalized spacial score (nSPS) is 10.2. The first kappa shape index (κ1) is 51.0. The van der Waals surface area contributed by atoms with Gasteiger partial charge in [-0.15, -0.1) is 0 Å². The van der Waals surface area contributed by atoms with Crippen LogP contribution in [0.4, 0.5) is 10.3 Å². The van der Waals surface area contributed by atoms with Gasteiger partial charge >= 0.3 is 0 Å². The van der Waals surface area contributed by atoms with Crippen LogP contribution in [0.15, 0.2) is 58.3 Å². The van der Waals surface area contributed by atoms with Crippen molar-refractivity contribution in [3.05, 3.63) is 81.0 Å². The third-order valence-electron chi connectivity index (χ3n) is 7.74. The molecular weight excluding hydrogens is 1000 g/mol. The predicted molar refractivity (Wildman–Crippen MR) is 263 cm³/mol. The fraction of sp³-hybridized carbons (Fsp3) is 0.263. The molecule has 10 aromatic rings. The van der Waals surface area contributed by atoms with Crippen molar-refractivity contribution in [2.45, 2.75) is 57.4 Å². The van der Waals surface area contributed by atoms with E-state index in [-0.39, 0.29) is 29.7 Å². The summed E-state index contributed by atoms with van der Waals surface area (Å²) in [6.07, 6.45) is 6.37. The van der Waals surface area contributed by atoms with Crippen molar-refractivity contribution in [2.24, 2.45) is 0 Å². The number of hydrogen-bond donors (Lipinski definition) is 2. The first-order valence-corrected chi connectivity index (χ1v) is 21.5. The molecule has 18 nitrogen and oxygen atoms in total. The highest BCUT2D eigenvalue weighted by molar-refractivity contribution is 9.10. The molecule has 0 aromatic carbocycles. The highest BCUT2D eigenvalue weighted by atomic mass is 79.9. The van der Waals surface area contributed by atoms with Gasteiger partial charge in [0.15, 0.2) is 62.4 Å². The van der Waals surface area contributed by atoms with Crippen molar-refractivity contribution in [2.75, 3.05) is 25.7 Å². The van der Waals surface area contributed by atoms with Gasteiger partial charge < -0.3 is 20.9 Å². The van der Waals surface area contributed by atoms with Crippen LogP contribution in [-0.4, -0.2) is 83.2 Å². The molecule has 0 aliphatic heterocycles. The Hall–Kier alpha value is -5.40. The Morgan fingerprint density at radius 1 is 0.452 bits per heavy atom. The monoisotopic (exact) mass is 1040 g/mol. The minimum absolute atomic E-state index is 0. The van der Waals surface area contributed by atoms with Crippen molar-refractivity contribution in [3.8, 4) is 22.0 Å². The molecule has 10 aromatic heterocycles. The number of hydrogen-bond acceptors (Lipinski definition) is 20. The zero-order valence-electron chi connectivity index (χ0n) is 31.2. The fourth-order valence-corrected chi connectivity index (χ4v) is 9.29. The number of nitrogens with zero attached hydrogens (tertiary/aromatic N) is 14. The largest absolute Gasteiger partial charge is 0.480 e. The second kappa shape index (κ2) is 22.1. The van der Waals surface area contributed by atoms with Gasteiger partial charge in [0.1, 0.15) is 9.21 Å². The molecule has 62 heavy (non-hydrogen) atoms. The summed E-state index contributed by atoms with van der Waals surface area (Å²) in [5, 5.41) is 2.77. The van der Waals surface area contributed by atoms with E-state index in [0.29, 0.717) is 54.0 Å². The van der Waals surface area contributed by atoms with Crippen molar-refractivity contribution in [1.29, 1.82) is 0 Å². The van der Waals surface area contributed by atoms with Crippen LogP contribution in [0.3, 0.4) is 0 Å². The second-order valence-electron chi connectivity index (χ2n) is 11.7. The summed E-state index contributed by atoms with van der Waals surface area (Å²) >= 11 is 12.2. The summed E-state index contributed by atoms with van der Waals surface area (Å²) in [6.45, 7) is 8.24. The minimum atomic E-state index is 0. The molecule has 0 fully saturated rings. The molecule has 4 N–H and O–H groups in total. The summed E-state index contributed by atoms with van der Waals surface area (Å²) in [6, 6.07) is 8.31. The Morgan fingerprint density at radius 3 is 1.13 bits per heavy atom. The number of fused-ring (bicyclic) bond motifs is 4. The molecule has 0 spiro atoms. The van der Waals surface area contributed by atoms with Crippen LogP contribution in [0.2, 0.25) is 0 Å². The van der Waals surface area contributed by atoms with Crippen LogP contribution >= 0.6 is 77.2 Å². The Labute approximate surface area is 391 Å². The summed E-state index contributed by atoms with van der Waals surface area (Å²) in [7, 11) is 3.12. The molecule has 0 bridgehead atoms. The number of aryl methyl sites for hydroxylation is 4. The molecule has 0 saturated carbocycles. The number of methoxy groups -OCH3 is 2. The Bertz CT molecular complexity index is 2990. The van der Waals surface area contributed by atoms with Crippen LogP contribution in [0.1, 0.15) is 52.5 Å². The van der Waals surface area contributed by atoms with Crippen LogP contribution < -0.4 is 20.9 Å². The van der Waals surface area contributed by atoms with E-state index < -0.39 is 0 Å². The summed E-state index contributed by atoms with van der Waals surface area (Å²) in [5.74, 6) is 0.991. The lowest BCUT2D eigenvalue weighted by Gasteiger charge is -2.02. The average molecular weight is 1050 g/mol. The van der Waals surface area contributed by atoms with E-state index >= 15 is 0 Å². The van der Waals surface area contributed by atoms with Crippen molar-refractivity contribution < 1.29 is 9.47 Å². The molecule has 328 valence electrons. The standard InChI is InChI=1S/C12H12N4OS.C11H9BrN4S.C6H6N4OS.C5H3BrN4S.4CH4/c1-7-4-5-8(2)16(7)12-15-10-11(18-12)14-9(17-3)6-13-10;1-6-3-4-7(2)16(6)11-15-9-10(17-11)14-8(12)5-13-9;1-11-3-2-8-4-5(9-3)12-6(7)10-4;6-2-1-8-3-4(9-2)11-5(7)10-3;;;;/h4-6H,1-3H3;3-5H,1-2H3;2H,1H3,(H2,7,8,10);1H,(H2,7,8,10);4*1H4. The smallest absolute Gasteiger partial charge is 0.233 e. The van der Waals surface area contributed by atoms with Crippen molar-refractivity contribution >= 4 is 129 Å². The molecule has 0 atom stereocenters. The molecule has 0 radical (unpaired) electrons. The van der Waals surface area contributed by atoms with Crippen molar-refractivity contribution in [1.82, 2.24) is 68.9 Å². The highest BCUT2D eigenvalue weighted by Gasteiger charge is 2.13. The van der Waals surface area contributed by atoms with E-state index in [4.69, 9.17) is 20.9 Å². The topological polar surface area (TPSA) is 235 Å². The highest BCUT2D eigenvalue weighted by Crippen LogP contribution is 2.28. The van der Waals surface area contributed by atoms with E-state index in [9.17, 15) is 0 Å². The number of nitrogens with two attached hydrogens (primary N) is 2. The van der Waals surface area contributed by atoms with Gasteiger partial charge in [0.2, 0.25) is 11.8 Å². The maximum atomic E-state index is 5.47. The number of halogens is 2. The maximum absolute atomic E-state index is 5.47. The molecule has 0 unspecified atom stereocenters. The van der Waals surface area contributed by atoms with Gasteiger partial charge in [0.05, 0.1) is 39.0 Å². The third kappa shape index (κ3) is 11.5. The first-order chi connectivity index (χ1) is 27.9. The zero-order valence-corrected chi connectivity index (χ0v) is 37.7. The lowest BCUT2D eigenvalue weighted by atomic mass is 10.5. The Balaban J connectivity index is 0.000000220. The number of ether oxygens (including phenoxy) is 2. The third-order valence-corrected chi connectivity index (χ3v) is 11.9. The van der Waals surface area contributed by atoms with Crippen molar-refractivity contribution in [3.63, 3.8) is 0 Å². The fourth-order valence-electron chi connectivity index (χ4n) is 5.15. The van der Waals surface area contributed by atoms with Gasteiger partial charge in [-0.1, -0.05) is 75.1 Å². The van der Waals surface area contributed by atoms with E-state index in [0.717, 1.165) is 40.7 Å². The summed E-state index contributed by atoms with van der Waals surface area (Å²) in [5.41, 5.74) is 18.1. The van der Waals surface area contributed by atoms with Gasteiger partial charge in [0.25, 0.3) is 0 Å². The van der Waals surface area contributed by atoms with Gasteiger partial charge in [0, 0.05) is 22.8 Å². The SMILES string of the molecule is C.C.C.C.COc1cnc2nc(-n3c(C)ccc3C)sc2n1.COc1cnc2nc(N)sc2n1.Cc1ccc(C)n1-c1nc2ncc(Br)nc2s1.Nc1nc2ncc(Br)nc2s1. The molecular formula is C38H46Br2N16O2S4. The maximum Gasteiger partial charge on any atom is 0.233 e. The number of aromatic nitrogens is 14. The molecule has 0 aliphatic rings. The van der Waals surface area contributed by atoms with Gasteiger partial charge in [-0.05, 0) is 83.8 Å². The summed E-state index contributed by atoms with van der Waals surface area (Å²) < 4.78 is 15.6. The van der Waals surface area contributed by atoms with Crippen LogP contribution in [0.5, 0.6) is 11.8 Å². The number of thiazole rings is 4. The number of rotatable bonds is 4. The van der Waals surface area contributed by atoms with E-state index in [1.54, 1.807) is 44.1 Å². The second-order valence-corrected chi connectivity index (χ2v) is 17.3. The average Bonchev–Trinajstić information content (AvgIpc) is 4.06. The van der Waals surface area contributed by atoms with E-state index in [1.807, 2.05) is 0 Å². The number of anilines is 2. The van der Waals surface area contributed by atoms with E-state index in [2.05, 4.69) is 153 Å². The van der Waals surface area contributed by atoms with Gasteiger partial charge in [-0.3, -0.25) is 9.13 Å². The molecule has 0 aliphatic carbocycles. The lowest BCUT2D eigenvalue weighted by Crippen LogP contribution is -1.97. The molecule has 0 saturated heterocycles. The Kier molecular flexibility index (Phi) is 18.2. The van der Waals surface area contributed by atoms with Gasteiger partial charge in [-0.2, -0.15) is 29.9 Å². The molecule has 10 heterocycles. The lowest BCUT2D eigenvalue weighted by molar-refractivity contribution is 0.398. The zero-order chi connectivity index (χ0) is 41.1. The van der Waals surface area contributed by atoms with Crippen LogP contribution in [-0.2, 0) is 0 Å². The Morgan fingerprint density at radius 2 is 0.758 bits per heavy atom. The first-order valence-electron chi connectivity index (χ1n) is 16.6. The molecule has 10 rings (SSSR count). The molecule has 24 heteroatoms. The van der Waals surface area contributed by atoms with E-state index in [1.165, 1.54) is 51.6 Å². The predicted octanol–water partition coefficient (Wildman–Crippen LogP) is 10.4. The van der Waals surface area contributed by atoms with Gasteiger partial charge in [-0.25, -0.2) is 29.9 Å².